The van der Waals surface area contributed by atoms with Crippen molar-refractivity contribution in [2.45, 2.75) is 19.4 Å². The number of hydrogen-bond donors (Lipinski definition) is 0. The molecule has 1 nitrogen and oxygen atoms in total. The fourth-order valence-electron chi connectivity index (χ4n) is 2.94. The number of rotatable bonds is 8. The summed E-state index contributed by atoms with van der Waals surface area (Å²) in [4.78, 5) is 0. The van der Waals surface area contributed by atoms with E-state index in [0.717, 1.165) is 13.1 Å². The molecule has 2 aliphatic carbocycles. The first kappa shape index (κ1) is 22.1. The average molecular weight is 520 g/mol. The molecule has 0 aliphatic heterocycles. The molecule has 2 rings (SSSR count). The molecule has 0 spiro atoms. The molecule has 0 aromatic carbocycles. The normalized spacial score (nSPS) is 16.5. The van der Waals surface area contributed by atoms with Crippen molar-refractivity contribution in [3.05, 3.63) is 68.4 Å². The third-order valence-corrected chi connectivity index (χ3v) is 32.9. The quantitative estimate of drug-likeness (QED) is 0.261. The van der Waals surface area contributed by atoms with Gasteiger partial charge in [0.05, 0.1) is 0 Å². The Labute approximate surface area is 156 Å². The van der Waals surface area contributed by atoms with Gasteiger partial charge in [0, 0.05) is 0 Å². The largest absolute Gasteiger partial charge is 1.00 e. The molecule has 1 unspecified atom stereocenters. The van der Waals surface area contributed by atoms with Crippen LogP contribution in [0.5, 0.6) is 0 Å². The van der Waals surface area contributed by atoms with Gasteiger partial charge in [-0.3, -0.25) is 0 Å². The van der Waals surface area contributed by atoms with Crippen LogP contribution in [0, 0.1) is 0 Å². The molecular formula is C17H24Cl2HfNSi. The number of allylic oxidation sites excluding steroid dienone is 8. The Morgan fingerprint density at radius 1 is 1.05 bits per heavy atom. The summed E-state index contributed by atoms with van der Waals surface area (Å²) in [5.41, 5.74) is 0. The van der Waals surface area contributed by atoms with Crippen LogP contribution in [0.2, 0.25) is 6.55 Å². The summed E-state index contributed by atoms with van der Waals surface area (Å²) in [6, 6.07) is 0. The third kappa shape index (κ3) is 5.61. The molecular weight excluding hydrogens is 496 g/mol. The van der Waals surface area contributed by atoms with Gasteiger partial charge in [-0.1, -0.05) is 0 Å². The summed E-state index contributed by atoms with van der Waals surface area (Å²) < 4.78 is 6.30. The first-order chi connectivity index (χ1) is 9.77. The summed E-state index contributed by atoms with van der Waals surface area (Å²) in [5.74, 6) is 0. The predicted molar refractivity (Wildman–Crippen MR) is 88.7 cm³/mol. The van der Waals surface area contributed by atoms with E-state index >= 15 is 0 Å². The van der Waals surface area contributed by atoms with Crippen molar-refractivity contribution in [1.29, 1.82) is 0 Å². The first-order valence-corrected chi connectivity index (χ1v) is 19.4. The molecule has 0 saturated carbocycles. The van der Waals surface area contributed by atoms with Gasteiger partial charge in [-0.2, -0.15) is 0 Å². The molecule has 0 amide bonds. The second-order valence-corrected chi connectivity index (χ2v) is 28.7. The summed E-state index contributed by atoms with van der Waals surface area (Å²) in [6.45, 7) is 12.5. The predicted octanol–water partition coefficient (Wildman–Crippen LogP) is -2.18. The molecule has 22 heavy (non-hydrogen) atoms. The van der Waals surface area contributed by atoms with Crippen molar-refractivity contribution in [3.63, 3.8) is 0 Å². The topological polar surface area (TPSA) is 3.24 Å². The Kier molecular flexibility index (Phi) is 11.6. The Bertz CT molecular complexity index is 457. The van der Waals surface area contributed by atoms with E-state index < -0.39 is 26.8 Å². The van der Waals surface area contributed by atoms with E-state index in [2.05, 4.69) is 72.9 Å². The minimum atomic E-state index is -1.85. The first-order valence-electron chi connectivity index (χ1n) is 7.32. The SMILES string of the molecule is C=CCN(CC=C)[SiH](C)[Hf+2]([C]1=CC=CC1)[C]1=CC=CC1.[Cl-].[Cl-]. The smallest absolute Gasteiger partial charge is 1.00 e. The molecule has 5 heteroatoms. The Morgan fingerprint density at radius 2 is 1.50 bits per heavy atom. The molecule has 0 fully saturated rings. The van der Waals surface area contributed by atoms with E-state index in [1.54, 1.807) is 0 Å². The van der Waals surface area contributed by atoms with Crippen LogP contribution in [0.1, 0.15) is 12.8 Å². The molecule has 2 aliphatic rings. The van der Waals surface area contributed by atoms with Crippen LogP contribution in [0.25, 0.3) is 0 Å². The molecule has 1 atom stereocenters. The van der Waals surface area contributed by atoms with E-state index in [9.17, 15) is 0 Å². The van der Waals surface area contributed by atoms with Crippen molar-refractivity contribution < 1.29 is 45.4 Å². The Balaban J connectivity index is 0.00000220. The minimum Gasteiger partial charge on any atom is -1.00 e. The van der Waals surface area contributed by atoms with Gasteiger partial charge in [-0.25, -0.2) is 0 Å². The summed E-state index contributed by atoms with van der Waals surface area (Å²) >= 11 is -1.85. The van der Waals surface area contributed by atoms with Crippen LogP contribution in [0.4, 0.5) is 0 Å². The van der Waals surface area contributed by atoms with E-state index in [4.69, 9.17) is 0 Å². The fourth-order valence-corrected chi connectivity index (χ4v) is 32.5. The maximum absolute atomic E-state index is 3.94. The second kappa shape index (κ2) is 11.6. The van der Waals surface area contributed by atoms with E-state index in [1.165, 1.54) is 12.8 Å². The van der Waals surface area contributed by atoms with Crippen LogP contribution in [-0.2, 0) is 20.6 Å². The summed E-state index contributed by atoms with van der Waals surface area (Å²) in [5, 5.41) is 0. The van der Waals surface area contributed by atoms with Crippen molar-refractivity contribution >= 4 is 6.15 Å². The molecule has 0 heterocycles. The number of nitrogens with zero attached hydrogens (tertiary/aromatic N) is 1. The summed E-state index contributed by atoms with van der Waals surface area (Å²) in [6.07, 6.45) is 19.7. The molecule has 119 valence electrons. The van der Waals surface area contributed by atoms with Gasteiger partial charge in [0.15, 0.2) is 0 Å². The minimum absolute atomic E-state index is 0. The van der Waals surface area contributed by atoms with Crippen molar-refractivity contribution in [1.82, 2.24) is 4.57 Å². The van der Waals surface area contributed by atoms with Gasteiger partial charge in [0.25, 0.3) is 0 Å². The van der Waals surface area contributed by atoms with E-state index in [-0.39, 0.29) is 24.8 Å². The van der Waals surface area contributed by atoms with Crippen LogP contribution in [0.3, 0.4) is 0 Å². The van der Waals surface area contributed by atoms with Crippen LogP contribution in [0.15, 0.2) is 68.4 Å². The van der Waals surface area contributed by atoms with Gasteiger partial charge in [0.2, 0.25) is 0 Å². The zero-order chi connectivity index (χ0) is 14.4. The van der Waals surface area contributed by atoms with E-state index in [0.29, 0.717) is 0 Å². The standard InChI is InChI=1S/C7H14NSi.2C5H5.2ClH.Hf/c1-4-6-8(9-3)7-5-2;2*1-2-4-5-3-1;;;/h4-5,9H,1-2,6-7H2,3H3;2*1-3H,4H2;2*1H;/q;;;;;+2/p-2. The molecule has 0 radical (unpaired) electrons. The molecule has 0 bridgehead atoms. The van der Waals surface area contributed by atoms with Gasteiger partial charge < -0.3 is 24.8 Å². The van der Waals surface area contributed by atoms with Gasteiger partial charge in [-0.15, -0.1) is 0 Å². The van der Waals surface area contributed by atoms with Crippen LogP contribution >= 0.6 is 0 Å². The third-order valence-electron chi connectivity index (χ3n) is 3.93. The van der Waals surface area contributed by atoms with Gasteiger partial charge >= 0.3 is 132 Å². The summed E-state index contributed by atoms with van der Waals surface area (Å²) in [7, 11) is 0. The van der Waals surface area contributed by atoms with Crippen LogP contribution < -0.4 is 24.8 Å². The zero-order valence-electron chi connectivity index (χ0n) is 13.1. The number of hydrogen-bond acceptors (Lipinski definition) is 1. The Hall–Kier alpha value is 0.0670. The maximum Gasteiger partial charge on any atom is -1.00 e. The second-order valence-electron chi connectivity index (χ2n) is 5.27. The number of halogens is 2. The van der Waals surface area contributed by atoms with Gasteiger partial charge in [0.1, 0.15) is 0 Å². The average Bonchev–Trinajstić information content (AvgIpc) is 3.12. The van der Waals surface area contributed by atoms with Crippen molar-refractivity contribution in [2.75, 3.05) is 13.1 Å². The van der Waals surface area contributed by atoms with Crippen molar-refractivity contribution in [2.24, 2.45) is 0 Å². The Morgan fingerprint density at radius 3 is 1.82 bits per heavy atom. The van der Waals surface area contributed by atoms with Gasteiger partial charge in [-0.05, 0) is 0 Å². The molecule has 0 saturated heterocycles. The monoisotopic (exact) mass is 520 g/mol. The van der Waals surface area contributed by atoms with E-state index in [1.807, 2.05) is 6.66 Å². The fraction of sp³-hybridized carbons (Fsp3) is 0.294. The molecule has 0 aromatic rings. The van der Waals surface area contributed by atoms with Crippen LogP contribution in [-0.4, -0.2) is 23.8 Å². The molecule has 0 N–H and O–H groups in total. The molecule has 0 aromatic heterocycles. The maximum atomic E-state index is 3.94. The van der Waals surface area contributed by atoms with Crippen molar-refractivity contribution in [3.8, 4) is 0 Å². The zero-order valence-corrected chi connectivity index (χ0v) is 19.4.